The number of alkyl carbamates (subject to hydrolysis) is 1. The van der Waals surface area contributed by atoms with Gasteiger partial charge in [-0.05, 0) is 37.5 Å². The summed E-state index contributed by atoms with van der Waals surface area (Å²) in [7, 11) is 0. The Bertz CT molecular complexity index is 734. The van der Waals surface area contributed by atoms with Gasteiger partial charge in [0.1, 0.15) is 10.6 Å². The minimum absolute atomic E-state index is 0.376. The Morgan fingerprint density at radius 3 is 2.33 bits per heavy atom. The molecule has 0 unspecified atom stereocenters. The normalized spacial score (nSPS) is 11.0. The lowest BCUT2D eigenvalue weighted by Crippen LogP contribution is -2.32. The molecular formula is C19H22N2O2S. The molecule has 0 saturated heterocycles. The zero-order valence-corrected chi connectivity index (χ0v) is 14.9. The summed E-state index contributed by atoms with van der Waals surface area (Å²) in [6.45, 7) is 5.91. The van der Waals surface area contributed by atoms with Gasteiger partial charge in [0.05, 0.1) is 0 Å². The Morgan fingerprint density at radius 2 is 1.75 bits per heavy atom. The van der Waals surface area contributed by atoms with Crippen molar-refractivity contribution >= 4 is 23.3 Å². The molecule has 0 aliphatic heterocycles. The molecule has 2 rings (SSSR count). The van der Waals surface area contributed by atoms with Crippen molar-refractivity contribution in [1.82, 2.24) is 5.32 Å². The third-order valence-corrected chi connectivity index (χ3v) is 3.51. The van der Waals surface area contributed by atoms with E-state index in [-0.39, 0.29) is 0 Å². The van der Waals surface area contributed by atoms with E-state index in [0.29, 0.717) is 11.5 Å². The lowest BCUT2D eigenvalue weighted by Gasteiger charge is -2.19. The van der Waals surface area contributed by atoms with E-state index < -0.39 is 11.7 Å². The molecule has 1 amide bonds. The van der Waals surface area contributed by atoms with Gasteiger partial charge in [0.25, 0.3) is 0 Å². The second kappa shape index (κ2) is 7.45. The highest BCUT2D eigenvalue weighted by molar-refractivity contribution is 7.80. The second-order valence-corrected chi connectivity index (χ2v) is 6.90. The van der Waals surface area contributed by atoms with Crippen LogP contribution in [0.4, 0.5) is 4.79 Å². The van der Waals surface area contributed by atoms with Crippen LogP contribution >= 0.6 is 12.2 Å². The summed E-state index contributed by atoms with van der Waals surface area (Å²) < 4.78 is 5.22. The molecule has 0 fully saturated rings. The topological polar surface area (TPSA) is 64.3 Å². The van der Waals surface area contributed by atoms with Crippen molar-refractivity contribution < 1.29 is 9.53 Å². The lowest BCUT2D eigenvalue weighted by atomic mass is 9.98. The Balaban J connectivity index is 2.07. The molecule has 0 saturated carbocycles. The van der Waals surface area contributed by atoms with Crippen molar-refractivity contribution in [3.8, 4) is 11.1 Å². The number of rotatable bonds is 4. The predicted molar refractivity (Wildman–Crippen MR) is 101 cm³/mol. The fourth-order valence-corrected chi connectivity index (χ4v) is 2.42. The van der Waals surface area contributed by atoms with Gasteiger partial charge in [0.2, 0.25) is 0 Å². The van der Waals surface area contributed by atoms with E-state index in [1.807, 2.05) is 69.3 Å². The molecular weight excluding hydrogens is 320 g/mol. The lowest BCUT2D eigenvalue weighted by molar-refractivity contribution is 0.0523. The Hall–Kier alpha value is -2.40. The molecule has 2 aromatic rings. The van der Waals surface area contributed by atoms with E-state index in [2.05, 4.69) is 5.32 Å². The monoisotopic (exact) mass is 342 g/mol. The van der Waals surface area contributed by atoms with Crippen molar-refractivity contribution in [2.24, 2.45) is 5.73 Å². The van der Waals surface area contributed by atoms with Gasteiger partial charge in [-0.15, -0.1) is 0 Å². The van der Waals surface area contributed by atoms with Crippen LogP contribution in [0.15, 0.2) is 48.5 Å². The Labute approximate surface area is 148 Å². The van der Waals surface area contributed by atoms with Crippen molar-refractivity contribution in [2.75, 3.05) is 0 Å². The van der Waals surface area contributed by atoms with Crippen molar-refractivity contribution in [3.05, 3.63) is 59.7 Å². The molecule has 3 N–H and O–H groups in total. The number of nitrogens with one attached hydrogen (secondary N) is 1. The number of amides is 1. The number of hydrogen-bond donors (Lipinski definition) is 2. The maximum Gasteiger partial charge on any atom is 0.407 e. The number of benzene rings is 2. The van der Waals surface area contributed by atoms with Crippen molar-refractivity contribution in [2.45, 2.75) is 32.9 Å². The fraction of sp³-hybridized carbons (Fsp3) is 0.263. The first-order chi connectivity index (χ1) is 11.3. The summed E-state index contributed by atoms with van der Waals surface area (Å²) in [5.74, 6) is 0. The van der Waals surface area contributed by atoms with E-state index in [1.165, 1.54) is 0 Å². The fourth-order valence-electron chi connectivity index (χ4n) is 2.24. The number of ether oxygens (including phenoxy) is 1. The molecule has 4 nitrogen and oxygen atoms in total. The first kappa shape index (κ1) is 17.9. The number of nitrogens with two attached hydrogens (primary N) is 1. The molecule has 0 aliphatic rings. The SMILES string of the molecule is CC(C)(C)OC(=O)NCc1ccc(-c2ccccc2C(N)=S)cc1. The number of carbonyl (C=O) groups excluding carboxylic acids is 1. The standard InChI is InChI=1S/C19H22N2O2S/c1-19(2,3)23-18(22)21-12-13-8-10-14(11-9-13)15-6-4-5-7-16(15)17(20)24/h4-11H,12H2,1-3H3,(H2,20,24)(H,21,22). The predicted octanol–water partition coefficient (Wildman–Crippen LogP) is 4.01. The molecule has 24 heavy (non-hydrogen) atoms. The minimum Gasteiger partial charge on any atom is -0.444 e. The Kier molecular flexibility index (Phi) is 5.57. The maximum absolute atomic E-state index is 11.7. The minimum atomic E-state index is -0.502. The van der Waals surface area contributed by atoms with Gasteiger partial charge in [-0.2, -0.15) is 0 Å². The van der Waals surface area contributed by atoms with Crippen LogP contribution in [0.5, 0.6) is 0 Å². The van der Waals surface area contributed by atoms with Gasteiger partial charge >= 0.3 is 6.09 Å². The highest BCUT2D eigenvalue weighted by Gasteiger charge is 2.15. The molecule has 0 radical (unpaired) electrons. The van der Waals surface area contributed by atoms with Gasteiger partial charge in [-0.25, -0.2) is 4.79 Å². The third kappa shape index (κ3) is 5.06. The van der Waals surface area contributed by atoms with Crippen LogP contribution in [0.25, 0.3) is 11.1 Å². The van der Waals surface area contributed by atoms with Gasteiger partial charge in [0, 0.05) is 12.1 Å². The number of hydrogen-bond acceptors (Lipinski definition) is 3. The summed E-state index contributed by atoms with van der Waals surface area (Å²) in [4.78, 5) is 12.1. The van der Waals surface area contributed by atoms with E-state index in [4.69, 9.17) is 22.7 Å². The summed E-state index contributed by atoms with van der Waals surface area (Å²) >= 11 is 5.11. The van der Waals surface area contributed by atoms with Gasteiger partial charge < -0.3 is 15.8 Å². The van der Waals surface area contributed by atoms with Crippen molar-refractivity contribution in [3.63, 3.8) is 0 Å². The molecule has 0 atom stereocenters. The van der Waals surface area contributed by atoms with Gasteiger partial charge in [-0.1, -0.05) is 60.7 Å². The van der Waals surface area contributed by atoms with Crippen LogP contribution in [0.1, 0.15) is 31.9 Å². The molecule has 126 valence electrons. The second-order valence-electron chi connectivity index (χ2n) is 6.46. The molecule has 5 heteroatoms. The van der Waals surface area contributed by atoms with Crippen LogP contribution < -0.4 is 11.1 Å². The van der Waals surface area contributed by atoms with Crippen LogP contribution in [0, 0.1) is 0 Å². The number of carbonyl (C=O) groups is 1. The highest BCUT2D eigenvalue weighted by atomic mass is 32.1. The zero-order valence-electron chi connectivity index (χ0n) is 14.1. The third-order valence-electron chi connectivity index (χ3n) is 3.29. The van der Waals surface area contributed by atoms with E-state index in [9.17, 15) is 4.79 Å². The van der Waals surface area contributed by atoms with Crippen LogP contribution in [-0.4, -0.2) is 16.7 Å². The molecule has 0 heterocycles. The zero-order chi connectivity index (χ0) is 17.7. The van der Waals surface area contributed by atoms with Crippen molar-refractivity contribution in [1.29, 1.82) is 0 Å². The highest BCUT2D eigenvalue weighted by Crippen LogP contribution is 2.24. The van der Waals surface area contributed by atoms with Crippen LogP contribution in [0.3, 0.4) is 0 Å². The molecule has 0 aromatic heterocycles. The van der Waals surface area contributed by atoms with Crippen LogP contribution in [-0.2, 0) is 11.3 Å². The number of thiocarbonyl (C=S) groups is 1. The molecule has 0 aliphatic carbocycles. The average molecular weight is 342 g/mol. The van der Waals surface area contributed by atoms with E-state index in [1.54, 1.807) is 0 Å². The summed E-state index contributed by atoms with van der Waals surface area (Å²) in [6, 6.07) is 15.7. The molecule has 0 bridgehead atoms. The van der Waals surface area contributed by atoms with E-state index >= 15 is 0 Å². The molecule has 2 aromatic carbocycles. The smallest absolute Gasteiger partial charge is 0.407 e. The first-order valence-corrected chi connectivity index (χ1v) is 8.12. The van der Waals surface area contributed by atoms with Crippen LogP contribution in [0.2, 0.25) is 0 Å². The van der Waals surface area contributed by atoms with Gasteiger partial charge in [-0.3, -0.25) is 0 Å². The molecule has 0 spiro atoms. The van der Waals surface area contributed by atoms with Gasteiger partial charge in [0.15, 0.2) is 0 Å². The quantitative estimate of drug-likeness (QED) is 0.824. The summed E-state index contributed by atoms with van der Waals surface area (Å²) in [5, 5.41) is 2.74. The maximum atomic E-state index is 11.7. The summed E-state index contributed by atoms with van der Waals surface area (Å²) in [5.41, 5.74) is 9.14. The first-order valence-electron chi connectivity index (χ1n) is 7.71. The largest absolute Gasteiger partial charge is 0.444 e. The van der Waals surface area contributed by atoms with E-state index in [0.717, 1.165) is 22.3 Å². The average Bonchev–Trinajstić information content (AvgIpc) is 2.52. The summed E-state index contributed by atoms with van der Waals surface area (Å²) in [6.07, 6.45) is -0.426. The Morgan fingerprint density at radius 1 is 1.12 bits per heavy atom.